The van der Waals surface area contributed by atoms with Gasteiger partial charge in [0.1, 0.15) is 5.78 Å². The SMILES string of the molecule is CCCC(C)(C)SCC(C)C(C)=O. The Morgan fingerprint density at radius 3 is 2.38 bits per heavy atom. The molecule has 0 bridgehead atoms. The van der Waals surface area contributed by atoms with E-state index in [-0.39, 0.29) is 5.92 Å². The summed E-state index contributed by atoms with van der Waals surface area (Å²) in [4.78, 5) is 11.0. The van der Waals surface area contributed by atoms with Gasteiger partial charge in [0.25, 0.3) is 0 Å². The van der Waals surface area contributed by atoms with Gasteiger partial charge in [0.2, 0.25) is 0 Å². The maximum Gasteiger partial charge on any atom is 0.133 e. The van der Waals surface area contributed by atoms with Crippen LogP contribution in [0.25, 0.3) is 0 Å². The zero-order chi connectivity index (χ0) is 10.5. The number of carbonyl (C=O) groups is 1. The standard InChI is InChI=1S/C11H22OS/c1-6-7-11(4,5)13-8-9(2)10(3)12/h9H,6-8H2,1-5H3. The van der Waals surface area contributed by atoms with Crippen LogP contribution in [-0.2, 0) is 4.79 Å². The van der Waals surface area contributed by atoms with Gasteiger partial charge in [0.05, 0.1) is 0 Å². The largest absolute Gasteiger partial charge is 0.300 e. The van der Waals surface area contributed by atoms with E-state index in [9.17, 15) is 4.79 Å². The fourth-order valence-electron chi connectivity index (χ4n) is 1.14. The lowest BCUT2D eigenvalue weighted by Crippen LogP contribution is -2.19. The molecular weight excluding hydrogens is 180 g/mol. The molecule has 0 amide bonds. The van der Waals surface area contributed by atoms with E-state index in [4.69, 9.17) is 0 Å². The number of Topliss-reactive ketones (excluding diaryl/α,β-unsaturated/α-hetero) is 1. The molecule has 0 aromatic rings. The fourth-order valence-corrected chi connectivity index (χ4v) is 2.43. The topological polar surface area (TPSA) is 17.1 Å². The van der Waals surface area contributed by atoms with Crippen LogP contribution < -0.4 is 0 Å². The minimum absolute atomic E-state index is 0.209. The molecule has 78 valence electrons. The highest BCUT2D eigenvalue weighted by atomic mass is 32.2. The third kappa shape index (κ3) is 6.14. The molecular formula is C11H22OS. The minimum atomic E-state index is 0.209. The first-order chi connectivity index (χ1) is 5.89. The monoisotopic (exact) mass is 202 g/mol. The number of hydrogen-bond acceptors (Lipinski definition) is 2. The molecule has 0 rings (SSSR count). The average molecular weight is 202 g/mol. The molecule has 2 heteroatoms. The van der Waals surface area contributed by atoms with E-state index in [1.54, 1.807) is 6.92 Å². The van der Waals surface area contributed by atoms with Crippen LogP contribution in [0.4, 0.5) is 0 Å². The van der Waals surface area contributed by atoms with Gasteiger partial charge in [0, 0.05) is 16.4 Å². The van der Waals surface area contributed by atoms with E-state index in [1.807, 2.05) is 18.7 Å². The quantitative estimate of drug-likeness (QED) is 0.655. The van der Waals surface area contributed by atoms with E-state index in [1.165, 1.54) is 12.8 Å². The Labute approximate surface area is 86.7 Å². The molecule has 0 spiro atoms. The first kappa shape index (κ1) is 13.0. The zero-order valence-electron chi connectivity index (χ0n) is 9.52. The van der Waals surface area contributed by atoms with Crippen LogP contribution >= 0.6 is 11.8 Å². The van der Waals surface area contributed by atoms with Gasteiger partial charge in [-0.15, -0.1) is 0 Å². The minimum Gasteiger partial charge on any atom is -0.300 e. The number of hydrogen-bond donors (Lipinski definition) is 0. The van der Waals surface area contributed by atoms with Gasteiger partial charge in [-0.05, 0) is 13.3 Å². The van der Waals surface area contributed by atoms with Crippen LogP contribution in [0.15, 0.2) is 0 Å². The molecule has 0 N–H and O–H groups in total. The van der Waals surface area contributed by atoms with Crippen LogP contribution in [0.3, 0.4) is 0 Å². The molecule has 0 fully saturated rings. The second-order valence-corrected chi connectivity index (χ2v) is 6.06. The van der Waals surface area contributed by atoms with E-state index in [2.05, 4.69) is 20.8 Å². The molecule has 0 aliphatic rings. The molecule has 0 aromatic heterocycles. The summed E-state index contributed by atoms with van der Waals surface area (Å²) in [5.74, 6) is 1.48. The Morgan fingerprint density at radius 2 is 2.00 bits per heavy atom. The van der Waals surface area contributed by atoms with Crippen molar-refractivity contribution in [2.24, 2.45) is 5.92 Å². The molecule has 13 heavy (non-hydrogen) atoms. The highest BCUT2D eigenvalue weighted by Gasteiger charge is 2.19. The molecule has 1 atom stereocenters. The van der Waals surface area contributed by atoms with Crippen LogP contribution in [0, 0.1) is 5.92 Å². The number of ketones is 1. The zero-order valence-corrected chi connectivity index (χ0v) is 10.3. The van der Waals surface area contributed by atoms with Crippen molar-refractivity contribution in [1.82, 2.24) is 0 Å². The summed E-state index contributed by atoms with van der Waals surface area (Å²) in [5, 5.41) is 0. The second-order valence-electron chi connectivity index (χ2n) is 4.33. The summed E-state index contributed by atoms with van der Waals surface area (Å²) >= 11 is 1.92. The van der Waals surface area contributed by atoms with Gasteiger partial charge in [-0.2, -0.15) is 11.8 Å². The first-order valence-corrected chi connectivity index (χ1v) is 6.02. The third-order valence-corrected chi connectivity index (χ3v) is 3.92. The number of thioether (sulfide) groups is 1. The number of carbonyl (C=O) groups excluding carboxylic acids is 1. The van der Waals surface area contributed by atoms with Crippen molar-refractivity contribution in [1.29, 1.82) is 0 Å². The smallest absolute Gasteiger partial charge is 0.133 e. The Balaban J connectivity index is 3.80. The molecule has 0 radical (unpaired) electrons. The van der Waals surface area contributed by atoms with Crippen molar-refractivity contribution in [3.05, 3.63) is 0 Å². The highest BCUT2D eigenvalue weighted by molar-refractivity contribution is 8.00. The highest BCUT2D eigenvalue weighted by Crippen LogP contribution is 2.30. The van der Waals surface area contributed by atoms with Crippen molar-refractivity contribution < 1.29 is 4.79 Å². The van der Waals surface area contributed by atoms with Crippen molar-refractivity contribution in [3.63, 3.8) is 0 Å². The van der Waals surface area contributed by atoms with E-state index < -0.39 is 0 Å². The molecule has 0 aliphatic carbocycles. The molecule has 0 heterocycles. The predicted octanol–water partition coefficient (Wildman–Crippen LogP) is 3.52. The van der Waals surface area contributed by atoms with Crippen LogP contribution in [0.2, 0.25) is 0 Å². The Hall–Kier alpha value is 0.0200. The molecule has 0 saturated heterocycles. The second kappa shape index (κ2) is 5.69. The van der Waals surface area contributed by atoms with E-state index in [0.717, 1.165) is 5.75 Å². The van der Waals surface area contributed by atoms with Gasteiger partial charge in [-0.3, -0.25) is 4.79 Å². The van der Waals surface area contributed by atoms with Crippen molar-refractivity contribution >= 4 is 17.5 Å². The molecule has 0 aromatic carbocycles. The van der Waals surface area contributed by atoms with E-state index >= 15 is 0 Å². The van der Waals surface area contributed by atoms with Gasteiger partial charge >= 0.3 is 0 Å². The average Bonchev–Trinajstić information content (AvgIpc) is 2.00. The summed E-state index contributed by atoms with van der Waals surface area (Å²) < 4.78 is 0.332. The van der Waals surface area contributed by atoms with Gasteiger partial charge in [-0.1, -0.05) is 34.1 Å². The molecule has 1 nitrogen and oxygen atoms in total. The van der Waals surface area contributed by atoms with Gasteiger partial charge in [0.15, 0.2) is 0 Å². The molecule has 0 aliphatic heterocycles. The summed E-state index contributed by atoms with van der Waals surface area (Å²) in [6, 6.07) is 0. The molecule has 1 unspecified atom stereocenters. The van der Waals surface area contributed by atoms with E-state index in [0.29, 0.717) is 10.5 Å². The van der Waals surface area contributed by atoms with Crippen molar-refractivity contribution in [3.8, 4) is 0 Å². The van der Waals surface area contributed by atoms with Gasteiger partial charge in [-0.25, -0.2) is 0 Å². The van der Waals surface area contributed by atoms with Crippen molar-refractivity contribution in [2.45, 2.75) is 52.2 Å². The summed E-state index contributed by atoms with van der Waals surface area (Å²) in [6.45, 7) is 10.4. The predicted molar refractivity (Wildman–Crippen MR) is 61.3 cm³/mol. The third-order valence-electron chi connectivity index (χ3n) is 2.27. The molecule has 0 saturated carbocycles. The maximum absolute atomic E-state index is 11.0. The van der Waals surface area contributed by atoms with Crippen LogP contribution in [-0.4, -0.2) is 16.3 Å². The van der Waals surface area contributed by atoms with Crippen LogP contribution in [0.1, 0.15) is 47.5 Å². The fraction of sp³-hybridized carbons (Fsp3) is 0.909. The Bertz CT molecular complexity index is 163. The summed E-state index contributed by atoms with van der Waals surface area (Å²) in [5.41, 5.74) is 0. The first-order valence-electron chi connectivity index (χ1n) is 5.03. The number of rotatable bonds is 6. The summed E-state index contributed by atoms with van der Waals surface area (Å²) in [6.07, 6.45) is 2.44. The van der Waals surface area contributed by atoms with Gasteiger partial charge < -0.3 is 0 Å². The normalized spacial score (nSPS) is 14.2. The van der Waals surface area contributed by atoms with Crippen molar-refractivity contribution in [2.75, 3.05) is 5.75 Å². The lowest BCUT2D eigenvalue weighted by molar-refractivity contribution is -0.119. The van der Waals surface area contributed by atoms with Crippen LogP contribution in [0.5, 0.6) is 0 Å². The Morgan fingerprint density at radius 1 is 1.46 bits per heavy atom. The lowest BCUT2D eigenvalue weighted by atomic mass is 10.1. The Kier molecular flexibility index (Phi) is 5.70. The maximum atomic E-state index is 11.0. The lowest BCUT2D eigenvalue weighted by Gasteiger charge is -2.24. The summed E-state index contributed by atoms with van der Waals surface area (Å²) in [7, 11) is 0.